The Morgan fingerprint density at radius 1 is 1.47 bits per heavy atom. The van der Waals surface area contributed by atoms with Crippen molar-refractivity contribution in [2.75, 3.05) is 19.7 Å². The lowest BCUT2D eigenvalue weighted by molar-refractivity contribution is -0.140. The van der Waals surface area contributed by atoms with Gasteiger partial charge in [0.1, 0.15) is 6.10 Å². The van der Waals surface area contributed by atoms with Crippen molar-refractivity contribution in [3.05, 3.63) is 35.9 Å². The van der Waals surface area contributed by atoms with Gasteiger partial charge in [0, 0.05) is 6.54 Å². The minimum absolute atomic E-state index is 0.0345. The maximum atomic E-state index is 12.2. The molecule has 1 aliphatic heterocycles. The van der Waals surface area contributed by atoms with E-state index in [-0.39, 0.29) is 18.1 Å². The highest BCUT2D eigenvalue weighted by molar-refractivity contribution is 5.81. The summed E-state index contributed by atoms with van der Waals surface area (Å²) in [5.74, 6) is 0.0473. The molecule has 1 fully saturated rings. The van der Waals surface area contributed by atoms with Crippen LogP contribution in [0, 0.1) is 0 Å². The predicted molar refractivity (Wildman–Crippen MR) is 74.6 cm³/mol. The van der Waals surface area contributed by atoms with E-state index in [1.54, 1.807) is 0 Å². The van der Waals surface area contributed by atoms with Gasteiger partial charge < -0.3 is 15.4 Å². The van der Waals surface area contributed by atoms with Gasteiger partial charge in [0.2, 0.25) is 5.91 Å². The monoisotopic (exact) mass is 262 g/mol. The Morgan fingerprint density at radius 2 is 2.21 bits per heavy atom. The largest absolute Gasteiger partial charge is 0.370 e. The zero-order valence-electron chi connectivity index (χ0n) is 11.4. The van der Waals surface area contributed by atoms with Crippen molar-refractivity contribution < 1.29 is 9.53 Å². The van der Waals surface area contributed by atoms with Crippen LogP contribution in [0.3, 0.4) is 0 Å². The normalized spacial score (nSPS) is 21.2. The van der Waals surface area contributed by atoms with Crippen LogP contribution < -0.4 is 5.73 Å². The molecule has 1 amide bonds. The van der Waals surface area contributed by atoms with Crippen molar-refractivity contribution in [2.24, 2.45) is 5.73 Å². The van der Waals surface area contributed by atoms with Crippen molar-refractivity contribution in [3.8, 4) is 0 Å². The van der Waals surface area contributed by atoms with Crippen molar-refractivity contribution in [3.63, 3.8) is 0 Å². The Labute approximate surface area is 114 Å². The Kier molecular flexibility index (Phi) is 4.93. The van der Waals surface area contributed by atoms with Crippen LogP contribution in [0.15, 0.2) is 30.3 Å². The maximum absolute atomic E-state index is 12.2. The van der Waals surface area contributed by atoms with Crippen molar-refractivity contribution >= 4 is 5.91 Å². The number of ether oxygens (including phenoxy) is 1. The number of nitrogens with zero attached hydrogens (tertiary/aromatic N) is 1. The molecule has 1 aliphatic rings. The number of rotatable bonds is 4. The van der Waals surface area contributed by atoms with E-state index >= 15 is 0 Å². The summed E-state index contributed by atoms with van der Waals surface area (Å²) in [4.78, 5) is 14.0. The molecule has 2 N–H and O–H groups in total. The lowest BCUT2D eigenvalue weighted by Crippen LogP contribution is -2.49. The minimum atomic E-state index is -0.375. The molecule has 4 heteroatoms. The van der Waals surface area contributed by atoms with E-state index in [1.165, 1.54) is 0 Å². The molecule has 0 aliphatic carbocycles. The minimum Gasteiger partial charge on any atom is -0.370 e. The van der Waals surface area contributed by atoms with Gasteiger partial charge in [-0.3, -0.25) is 4.79 Å². The number of nitrogens with two attached hydrogens (primary N) is 1. The number of morpholine rings is 1. The number of carbonyl (C=O) groups excluding carboxylic acids is 1. The molecule has 4 nitrogen and oxygen atoms in total. The van der Waals surface area contributed by atoms with Crippen LogP contribution in [0.2, 0.25) is 0 Å². The van der Waals surface area contributed by atoms with Crippen molar-refractivity contribution in [1.82, 2.24) is 4.90 Å². The molecule has 1 heterocycles. The first-order valence-corrected chi connectivity index (χ1v) is 6.93. The fourth-order valence-electron chi connectivity index (χ4n) is 2.39. The van der Waals surface area contributed by atoms with Crippen LogP contribution in [-0.4, -0.2) is 36.5 Å². The summed E-state index contributed by atoms with van der Waals surface area (Å²) in [5, 5.41) is 0. The standard InChI is InChI=1S/C15H22N2O2/c1-2-6-13(16)15(18)17-9-10-19-14(11-17)12-7-4-3-5-8-12/h3-5,7-8,13-14H,2,6,9-11,16H2,1H3/t13-,14?/m1/s1. The molecule has 19 heavy (non-hydrogen) atoms. The van der Waals surface area contributed by atoms with E-state index in [0.29, 0.717) is 19.7 Å². The molecule has 0 radical (unpaired) electrons. The Balaban J connectivity index is 1.99. The van der Waals surface area contributed by atoms with E-state index in [1.807, 2.05) is 42.2 Å². The first-order chi connectivity index (χ1) is 9.22. The Morgan fingerprint density at radius 3 is 2.89 bits per heavy atom. The van der Waals surface area contributed by atoms with Gasteiger partial charge in [0.05, 0.1) is 19.2 Å². The van der Waals surface area contributed by atoms with Gasteiger partial charge in [-0.15, -0.1) is 0 Å². The second-order valence-electron chi connectivity index (χ2n) is 4.95. The fraction of sp³-hybridized carbons (Fsp3) is 0.533. The highest BCUT2D eigenvalue weighted by Gasteiger charge is 2.27. The zero-order chi connectivity index (χ0) is 13.7. The van der Waals surface area contributed by atoms with E-state index in [2.05, 4.69) is 0 Å². The number of hydrogen-bond acceptors (Lipinski definition) is 3. The third-order valence-electron chi connectivity index (χ3n) is 3.47. The molecule has 0 saturated carbocycles. The van der Waals surface area contributed by atoms with Crippen LogP contribution in [0.25, 0.3) is 0 Å². The van der Waals surface area contributed by atoms with E-state index < -0.39 is 0 Å². The molecule has 2 atom stereocenters. The number of carbonyl (C=O) groups is 1. The highest BCUT2D eigenvalue weighted by Crippen LogP contribution is 2.22. The summed E-state index contributed by atoms with van der Waals surface area (Å²) in [6.45, 7) is 3.85. The fourth-order valence-corrected chi connectivity index (χ4v) is 2.39. The molecule has 104 valence electrons. The van der Waals surface area contributed by atoms with Crippen LogP contribution in [0.1, 0.15) is 31.4 Å². The summed E-state index contributed by atoms with van der Waals surface area (Å²) in [7, 11) is 0. The van der Waals surface area contributed by atoms with E-state index in [0.717, 1.165) is 18.4 Å². The first-order valence-electron chi connectivity index (χ1n) is 6.93. The molecule has 1 aromatic rings. The van der Waals surface area contributed by atoms with E-state index in [9.17, 15) is 4.79 Å². The quantitative estimate of drug-likeness (QED) is 0.898. The third kappa shape index (κ3) is 3.55. The lowest BCUT2D eigenvalue weighted by Gasteiger charge is -2.34. The zero-order valence-corrected chi connectivity index (χ0v) is 11.4. The Hall–Kier alpha value is -1.39. The van der Waals surface area contributed by atoms with Crippen LogP contribution >= 0.6 is 0 Å². The van der Waals surface area contributed by atoms with Gasteiger partial charge in [-0.2, -0.15) is 0 Å². The molecule has 0 bridgehead atoms. The molecular weight excluding hydrogens is 240 g/mol. The van der Waals surface area contributed by atoms with Crippen LogP contribution in [0.5, 0.6) is 0 Å². The van der Waals surface area contributed by atoms with Crippen molar-refractivity contribution in [2.45, 2.75) is 31.9 Å². The first kappa shape index (κ1) is 14.0. The van der Waals surface area contributed by atoms with Gasteiger partial charge in [-0.1, -0.05) is 43.7 Å². The second-order valence-corrected chi connectivity index (χ2v) is 4.95. The average molecular weight is 262 g/mol. The summed E-state index contributed by atoms with van der Waals surface area (Å²) in [6, 6.07) is 9.64. The van der Waals surface area contributed by atoms with Gasteiger partial charge in [0.25, 0.3) is 0 Å². The van der Waals surface area contributed by atoms with Crippen molar-refractivity contribution in [1.29, 1.82) is 0 Å². The molecule has 0 aromatic heterocycles. The number of hydrogen-bond donors (Lipinski definition) is 1. The topological polar surface area (TPSA) is 55.6 Å². The number of benzene rings is 1. The maximum Gasteiger partial charge on any atom is 0.239 e. The summed E-state index contributed by atoms with van der Waals surface area (Å²) in [5.41, 5.74) is 7.03. The molecule has 1 saturated heterocycles. The van der Waals surface area contributed by atoms with Gasteiger partial charge >= 0.3 is 0 Å². The molecule has 1 aromatic carbocycles. The highest BCUT2D eigenvalue weighted by atomic mass is 16.5. The van der Waals surface area contributed by atoms with Crippen LogP contribution in [-0.2, 0) is 9.53 Å². The SMILES string of the molecule is CCC[C@@H](N)C(=O)N1CCOC(c2ccccc2)C1. The predicted octanol–water partition coefficient (Wildman–Crippen LogP) is 1.71. The van der Waals surface area contributed by atoms with Gasteiger partial charge in [-0.25, -0.2) is 0 Å². The number of amides is 1. The van der Waals surface area contributed by atoms with Gasteiger partial charge in [-0.05, 0) is 12.0 Å². The Bertz CT molecular complexity index is 408. The second kappa shape index (κ2) is 6.68. The summed E-state index contributed by atoms with van der Waals surface area (Å²) in [6.07, 6.45) is 1.64. The smallest absolute Gasteiger partial charge is 0.239 e. The molecule has 2 rings (SSSR count). The van der Waals surface area contributed by atoms with Crippen LogP contribution in [0.4, 0.5) is 0 Å². The average Bonchev–Trinajstić information content (AvgIpc) is 2.48. The third-order valence-corrected chi connectivity index (χ3v) is 3.47. The molecule has 1 unspecified atom stereocenters. The van der Waals surface area contributed by atoms with E-state index in [4.69, 9.17) is 10.5 Å². The molecular formula is C15H22N2O2. The lowest BCUT2D eigenvalue weighted by atomic mass is 10.1. The molecule has 0 spiro atoms. The van der Waals surface area contributed by atoms with Gasteiger partial charge in [0.15, 0.2) is 0 Å². The summed E-state index contributed by atoms with van der Waals surface area (Å²) < 4.78 is 5.75. The summed E-state index contributed by atoms with van der Waals surface area (Å²) >= 11 is 0.